The summed E-state index contributed by atoms with van der Waals surface area (Å²) in [6.45, 7) is 3.05. The summed E-state index contributed by atoms with van der Waals surface area (Å²) >= 11 is 1.80. The predicted molar refractivity (Wildman–Crippen MR) is 64.2 cm³/mol. The molecular formula is C11H14N2S. The Kier molecular flexibility index (Phi) is 3.09. The maximum Gasteiger partial charge on any atom is 0.161 e. The average Bonchev–Trinajstić information content (AvgIpc) is 2.23. The third-order valence-corrected chi connectivity index (χ3v) is 3.10. The van der Waals surface area contributed by atoms with Gasteiger partial charge in [0.2, 0.25) is 0 Å². The van der Waals surface area contributed by atoms with E-state index in [1.54, 1.807) is 11.8 Å². The van der Waals surface area contributed by atoms with Crippen LogP contribution in [0.2, 0.25) is 0 Å². The van der Waals surface area contributed by atoms with Crippen LogP contribution in [0.3, 0.4) is 0 Å². The van der Waals surface area contributed by atoms with Gasteiger partial charge in [0.05, 0.1) is 0 Å². The van der Waals surface area contributed by atoms with Crippen LogP contribution in [-0.4, -0.2) is 17.5 Å². The van der Waals surface area contributed by atoms with E-state index >= 15 is 0 Å². The molecule has 1 heterocycles. The van der Waals surface area contributed by atoms with Crippen LogP contribution in [0.25, 0.3) is 0 Å². The molecule has 1 aliphatic rings. The number of hydrogen-bond donors (Lipinski definition) is 1. The van der Waals surface area contributed by atoms with Crippen LogP contribution < -0.4 is 5.32 Å². The number of thioether (sulfide) groups is 1. The van der Waals surface area contributed by atoms with E-state index in [9.17, 15) is 0 Å². The molecule has 0 saturated carbocycles. The molecule has 1 aromatic carbocycles. The van der Waals surface area contributed by atoms with Crippen molar-refractivity contribution in [1.82, 2.24) is 0 Å². The molecule has 0 aromatic heterocycles. The first-order chi connectivity index (χ1) is 6.84. The van der Waals surface area contributed by atoms with Crippen molar-refractivity contribution in [3.05, 3.63) is 29.8 Å². The van der Waals surface area contributed by atoms with E-state index < -0.39 is 0 Å². The van der Waals surface area contributed by atoms with Crippen LogP contribution in [0.4, 0.5) is 5.69 Å². The fraction of sp³-hybridized carbons (Fsp3) is 0.364. The average molecular weight is 206 g/mol. The SMILES string of the molecule is Cc1ccc(NC2=NCCCS2)cc1. The van der Waals surface area contributed by atoms with Crippen LogP contribution >= 0.6 is 11.8 Å². The van der Waals surface area contributed by atoms with Gasteiger partial charge in [-0.25, -0.2) is 0 Å². The normalized spacial score (nSPS) is 16.2. The lowest BCUT2D eigenvalue weighted by Crippen LogP contribution is -2.13. The third kappa shape index (κ3) is 2.51. The van der Waals surface area contributed by atoms with E-state index in [4.69, 9.17) is 0 Å². The Labute approximate surface area is 88.8 Å². The van der Waals surface area contributed by atoms with Gasteiger partial charge in [-0.2, -0.15) is 0 Å². The van der Waals surface area contributed by atoms with Crippen molar-refractivity contribution < 1.29 is 0 Å². The molecule has 0 aliphatic carbocycles. The summed E-state index contributed by atoms with van der Waals surface area (Å²) in [4.78, 5) is 4.42. The largest absolute Gasteiger partial charge is 0.335 e. The fourth-order valence-corrected chi connectivity index (χ4v) is 2.14. The second-order valence-electron chi connectivity index (χ2n) is 3.38. The standard InChI is InChI=1S/C11H14N2S/c1-9-3-5-10(6-4-9)13-11-12-7-2-8-14-11/h3-6H,2,7-8H2,1H3,(H,12,13). The zero-order chi connectivity index (χ0) is 9.80. The number of hydrogen-bond acceptors (Lipinski definition) is 3. The minimum Gasteiger partial charge on any atom is -0.335 e. The molecule has 3 heteroatoms. The number of rotatable bonds is 1. The van der Waals surface area contributed by atoms with Gasteiger partial charge in [-0.15, -0.1) is 0 Å². The minimum atomic E-state index is 0.960. The summed E-state index contributed by atoms with van der Waals surface area (Å²) in [6, 6.07) is 8.40. The highest BCUT2D eigenvalue weighted by Gasteiger charge is 2.05. The van der Waals surface area contributed by atoms with Gasteiger partial charge >= 0.3 is 0 Å². The lowest BCUT2D eigenvalue weighted by Gasteiger charge is -2.13. The van der Waals surface area contributed by atoms with E-state index in [2.05, 4.69) is 41.5 Å². The van der Waals surface area contributed by atoms with Crippen LogP contribution in [-0.2, 0) is 0 Å². The second kappa shape index (κ2) is 4.51. The van der Waals surface area contributed by atoms with Crippen molar-refractivity contribution in [2.24, 2.45) is 4.99 Å². The Morgan fingerprint density at radius 2 is 2.07 bits per heavy atom. The molecule has 0 fully saturated rings. The number of nitrogens with one attached hydrogen (secondary N) is 1. The molecule has 0 radical (unpaired) electrons. The zero-order valence-corrected chi connectivity index (χ0v) is 9.10. The summed E-state index contributed by atoms with van der Waals surface area (Å²) in [5, 5.41) is 4.38. The van der Waals surface area contributed by atoms with Crippen molar-refractivity contribution in [3.8, 4) is 0 Å². The molecule has 0 spiro atoms. The first-order valence-electron chi connectivity index (χ1n) is 4.85. The van der Waals surface area contributed by atoms with E-state index in [0.29, 0.717) is 0 Å². The van der Waals surface area contributed by atoms with Gasteiger partial charge in [-0.05, 0) is 25.5 Å². The van der Waals surface area contributed by atoms with E-state index in [1.165, 1.54) is 17.7 Å². The third-order valence-electron chi connectivity index (χ3n) is 2.10. The molecule has 0 atom stereocenters. The highest BCUT2D eigenvalue weighted by Crippen LogP contribution is 2.16. The zero-order valence-electron chi connectivity index (χ0n) is 8.29. The quantitative estimate of drug-likeness (QED) is 0.764. The lowest BCUT2D eigenvalue weighted by atomic mass is 10.2. The van der Waals surface area contributed by atoms with E-state index in [-0.39, 0.29) is 0 Å². The van der Waals surface area contributed by atoms with Gasteiger partial charge in [0.1, 0.15) is 0 Å². The van der Waals surface area contributed by atoms with Gasteiger partial charge in [0.15, 0.2) is 5.17 Å². The Morgan fingerprint density at radius 1 is 1.29 bits per heavy atom. The summed E-state index contributed by atoms with van der Waals surface area (Å²) in [7, 11) is 0. The van der Waals surface area contributed by atoms with Crippen LogP contribution in [0.5, 0.6) is 0 Å². The molecule has 2 rings (SSSR count). The molecule has 0 unspecified atom stereocenters. The van der Waals surface area contributed by atoms with Crippen molar-refractivity contribution in [1.29, 1.82) is 0 Å². The predicted octanol–water partition coefficient (Wildman–Crippen LogP) is 2.90. The smallest absolute Gasteiger partial charge is 0.161 e. The van der Waals surface area contributed by atoms with Crippen molar-refractivity contribution >= 4 is 22.6 Å². The molecule has 0 amide bonds. The van der Waals surface area contributed by atoms with Gasteiger partial charge < -0.3 is 5.32 Å². The van der Waals surface area contributed by atoms with E-state index in [1.807, 2.05) is 0 Å². The minimum absolute atomic E-state index is 0.960. The molecule has 74 valence electrons. The number of aliphatic imine (C=N–C) groups is 1. The van der Waals surface area contributed by atoms with Crippen molar-refractivity contribution in [3.63, 3.8) is 0 Å². The summed E-state index contributed by atoms with van der Waals surface area (Å²) in [5.74, 6) is 1.18. The molecule has 2 nitrogen and oxygen atoms in total. The molecule has 0 bridgehead atoms. The van der Waals surface area contributed by atoms with Gasteiger partial charge in [-0.3, -0.25) is 4.99 Å². The molecule has 1 aliphatic heterocycles. The number of aryl methyl sites for hydroxylation is 1. The maximum absolute atomic E-state index is 4.42. The van der Waals surface area contributed by atoms with Crippen LogP contribution in [0, 0.1) is 6.92 Å². The topological polar surface area (TPSA) is 24.4 Å². The molecule has 0 saturated heterocycles. The number of nitrogens with zero attached hydrogens (tertiary/aromatic N) is 1. The number of benzene rings is 1. The molecule has 14 heavy (non-hydrogen) atoms. The first kappa shape index (κ1) is 9.59. The van der Waals surface area contributed by atoms with Gasteiger partial charge in [0.25, 0.3) is 0 Å². The van der Waals surface area contributed by atoms with Crippen LogP contribution in [0.1, 0.15) is 12.0 Å². The molecule has 1 N–H and O–H groups in total. The first-order valence-corrected chi connectivity index (χ1v) is 5.84. The molecule has 1 aromatic rings. The number of amidine groups is 1. The maximum atomic E-state index is 4.42. The molecular weight excluding hydrogens is 192 g/mol. The van der Waals surface area contributed by atoms with Crippen molar-refractivity contribution in [2.75, 3.05) is 17.6 Å². The highest BCUT2D eigenvalue weighted by atomic mass is 32.2. The summed E-state index contributed by atoms with van der Waals surface area (Å²) in [6.07, 6.45) is 1.20. The number of anilines is 1. The fourth-order valence-electron chi connectivity index (χ4n) is 1.30. The Hall–Kier alpha value is -0.960. The van der Waals surface area contributed by atoms with Gasteiger partial charge in [0, 0.05) is 18.0 Å². The van der Waals surface area contributed by atoms with Crippen molar-refractivity contribution in [2.45, 2.75) is 13.3 Å². The van der Waals surface area contributed by atoms with Crippen LogP contribution in [0.15, 0.2) is 29.3 Å². The Morgan fingerprint density at radius 3 is 2.71 bits per heavy atom. The monoisotopic (exact) mass is 206 g/mol. The summed E-state index contributed by atoms with van der Waals surface area (Å²) in [5.41, 5.74) is 2.41. The lowest BCUT2D eigenvalue weighted by molar-refractivity contribution is 0.938. The van der Waals surface area contributed by atoms with Gasteiger partial charge in [-0.1, -0.05) is 29.5 Å². The summed E-state index contributed by atoms with van der Waals surface area (Å²) < 4.78 is 0. The Bertz CT molecular complexity index is 330. The van der Waals surface area contributed by atoms with E-state index in [0.717, 1.165) is 17.4 Å². The Balaban J connectivity index is 2.03. The second-order valence-corrected chi connectivity index (χ2v) is 4.46. The highest BCUT2D eigenvalue weighted by molar-refractivity contribution is 8.14.